The van der Waals surface area contributed by atoms with Gasteiger partial charge in [0, 0.05) is 0 Å². The lowest BCUT2D eigenvalue weighted by Gasteiger charge is -2.22. The summed E-state index contributed by atoms with van der Waals surface area (Å²) in [6.45, 7) is 11.6. The summed E-state index contributed by atoms with van der Waals surface area (Å²) in [6, 6.07) is 2.58. The number of hydrogen-bond donors (Lipinski definition) is 0. The lowest BCUT2D eigenvalue weighted by molar-refractivity contribution is 0.741. The highest BCUT2D eigenvalue weighted by Crippen LogP contribution is 2.29. The quantitative estimate of drug-likeness (QED) is 0.420. The Morgan fingerprint density at radius 3 is 1.32 bits per heavy atom. The second-order valence-corrected chi connectivity index (χ2v) is 6.65. The highest BCUT2D eigenvalue weighted by atomic mass is 14.2. The predicted octanol–water partition coefficient (Wildman–Crippen LogP) is 6.84. The first-order chi connectivity index (χ1) is 10.7. The van der Waals surface area contributed by atoms with Gasteiger partial charge in [-0.2, -0.15) is 0 Å². The zero-order chi connectivity index (χ0) is 16.4. The van der Waals surface area contributed by atoms with Crippen molar-refractivity contribution in [1.29, 1.82) is 0 Å². The van der Waals surface area contributed by atoms with Gasteiger partial charge in [0.05, 0.1) is 0 Å². The Morgan fingerprint density at radius 2 is 0.955 bits per heavy atom. The van der Waals surface area contributed by atoms with E-state index in [9.17, 15) is 0 Å². The Bertz CT molecular complexity index is 394. The monoisotopic (exact) mass is 302 g/mol. The van der Waals surface area contributed by atoms with Crippen LogP contribution in [-0.4, -0.2) is 0 Å². The van der Waals surface area contributed by atoms with Crippen LogP contribution in [0.4, 0.5) is 0 Å². The normalized spacial score (nSPS) is 11.1. The van der Waals surface area contributed by atoms with E-state index in [1.807, 2.05) is 0 Å². The summed E-state index contributed by atoms with van der Waals surface area (Å²) >= 11 is 0. The first-order valence-electron chi connectivity index (χ1n) is 9.88. The van der Waals surface area contributed by atoms with Crippen molar-refractivity contribution in [1.82, 2.24) is 0 Å². The topological polar surface area (TPSA) is 0 Å². The third-order valence-corrected chi connectivity index (χ3v) is 4.94. The maximum Gasteiger partial charge on any atom is -0.0273 e. The maximum absolute atomic E-state index is 2.58. The molecule has 0 aliphatic rings. The van der Waals surface area contributed by atoms with Crippen LogP contribution >= 0.6 is 0 Å². The van der Waals surface area contributed by atoms with Crippen LogP contribution in [0.1, 0.15) is 101 Å². The lowest BCUT2D eigenvalue weighted by atomic mass is 9.84. The SMILES string of the molecule is CCCCc1cc(CCCC)c(CC)c(CCCC)c1CC. The molecule has 0 atom stereocenters. The van der Waals surface area contributed by atoms with Gasteiger partial charge in [0.25, 0.3) is 0 Å². The van der Waals surface area contributed by atoms with E-state index < -0.39 is 0 Å². The van der Waals surface area contributed by atoms with Crippen LogP contribution in [0.5, 0.6) is 0 Å². The Kier molecular flexibility index (Phi) is 9.52. The standard InChI is InChI=1S/C22H38/c1-6-11-14-18-17-19(15-12-7-2)21(10-5)22(16-13-8-3)20(18)9-4/h17H,6-16H2,1-5H3. The Hall–Kier alpha value is -0.780. The number of hydrogen-bond acceptors (Lipinski definition) is 0. The Labute approximate surface area is 139 Å². The molecule has 0 bridgehead atoms. The molecule has 0 amide bonds. The molecule has 0 aliphatic carbocycles. The van der Waals surface area contributed by atoms with Gasteiger partial charge in [0.15, 0.2) is 0 Å². The van der Waals surface area contributed by atoms with Gasteiger partial charge in [-0.05, 0) is 79.2 Å². The molecule has 0 aromatic heterocycles. The molecule has 1 aromatic carbocycles. The summed E-state index contributed by atoms with van der Waals surface area (Å²) in [5.41, 5.74) is 8.45. The average molecular weight is 303 g/mol. The Morgan fingerprint density at radius 1 is 0.545 bits per heavy atom. The van der Waals surface area contributed by atoms with Crippen molar-refractivity contribution in [2.24, 2.45) is 0 Å². The molecule has 0 heterocycles. The summed E-state index contributed by atoms with van der Waals surface area (Å²) < 4.78 is 0. The number of benzene rings is 1. The van der Waals surface area contributed by atoms with Crippen LogP contribution in [0.2, 0.25) is 0 Å². The minimum Gasteiger partial charge on any atom is -0.0654 e. The molecule has 0 radical (unpaired) electrons. The van der Waals surface area contributed by atoms with Crippen molar-refractivity contribution >= 4 is 0 Å². The molecular formula is C22H38. The zero-order valence-electron chi connectivity index (χ0n) is 15.9. The second kappa shape index (κ2) is 10.9. The molecule has 0 aliphatic heterocycles. The highest BCUT2D eigenvalue weighted by molar-refractivity contribution is 5.47. The molecule has 0 spiro atoms. The number of unbranched alkanes of at least 4 members (excludes halogenated alkanes) is 3. The van der Waals surface area contributed by atoms with Crippen LogP contribution in [0.25, 0.3) is 0 Å². The molecule has 0 saturated heterocycles. The molecule has 0 unspecified atom stereocenters. The van der Waals surface area contributed by atoms with Crippen molar-refractivity contribution in [3.05, 3.63) is 33.9 Å². The molecule has 1 aromatic rings. The van der Waals surface area contributed by atoms with E-state index in [0.29, 0.717) is 0 Å². The van der Waals surface area contributed by atoms with E-state index in [0.717, 1.165) is 0 Å². The van der Waals surface area contributed by atoms with Crippen LogP contribution in [0.15, 0.2) is 6.07 Å². The molecule has 0 N–H and O–H groups in total. The van der Waals surface area contributed by atoms with Gasteiger partial charge in [-0.25, -0.2) is 0 Å². The van der Waals surface area contributed by atoms with Crippen molar-refractivity contribution in [2.75, 3.05) is 0 Å². The number of aryl methyl sites for hydroxylation is 2. The van der Waals surface area contributed by atoms with Gasteiger partial charge in [0.1, 0.15) is 0 Å². The average Bonchev–Trinajstić information content (AvgIpc) is 2.55. The van der Waals surface area contributed by atoms with Crippen LogP contribution in [0.3, 0.4) is 0 Å². The molecule has 126 valence electrons. The van der Waals surface area contributed by atoms with Gasteiger partial charge in [-0.15, -0.1) is 0 Å². The van der Waals surface area contributed by atoms with Crippen molar-refractivity contribution in [3.8, 4) is 0 Å². The van der Waals surface area contributed by atoms with E-state index in [-0.39, 0.29) is 0 Å². The van der Waals surface area contributed by atoms with Gasteiger partial charge >= 0.3 is 0 Å². The summed E-state index contributed by atoms with van der Waals surface area (Å²) in [5, 5.41) is 0. The minimum absolute atomic E-state index is 1.21. The third-order valence-electron chi connectivity index (χ3n) is 4.94. The van der Waals surface area contributed by atoms with Crippen molar-refractivity contribution in [3.63, 3.8) is 0 Å². The first-order valence-corrected chi connectivity index (χ1v) is 9.88. The lowest BCUT2D eigenvalue weighted by Crippen LogP contribution is -2.08. The molecule has 0 saturated carbocycles. The van der Waals surface area contributed by atoms with Gasteiger partial charge in [-0.1, -0.05) is 59.9 Å². The minimum atomic E-state index is 1.21. The summed E-state index contributed by atoms with van der Waals surface area (Å²) in [6.07, 6.45) is 14.2. The van der Waals surface area contributed by atoms with Crippen LogP contribution in [0, 0.1) is 0 Å². The largest absolute Gasteiger partial charge is 0.0654 e. The van der Waals surface area contributed by atoms with Crippen LogP contribution in [-0.2, 0) is 32.1 Å². The summed E-state index contributed by atoms with van der Waals surface area (Å²) in [7, 11) is 0. The van der Waals surface area contributed by atoms with E-state index in [2.05, 4.69) is 40.7 Å². The maximum atomic E-state index is 2.58. The van der Waals surface area contributed by atoms with E-state index >= 15 is 0 Å². The smallest absolute Gasteiger partial charge is 0.0273 e. The zero-order valence-corrected chi connectivity index (χ0v) is 15.9. The Balaban J connectivity index is 3.30. The first kappa shape index (κ1) is 19.3. The highest BCUT2D eigenvalue weighted by Gasteiger charge is 2.15. The molecule has 1 rings (SSSR count). The second-order valence-electron chi connectivity index (χ2n) is 6.65. The van der Waals surface area contributed by atoms with Crippen LogP contribution < -0.4 is 0 Å². The van der Waals surface area contributed by atoms with Gasteiger partial charge in [-0.3, -0.25) is 0 Å². The molecule has 0 fully saturated rings. The van der Waals surface area contributed by atoms with E-state index in [1.54, 1.807) is 27.8 Å². The molecule has 22 heavy (non-hydrogen) atoms. The summed E-state index contributed by atoms with van der Waals surface area (Å²) in [5.74, 6) is 0. The van der Waals surface area contributed by atoms with Crippen molar-refractivity contribution in [2.45, 2.75) is 105 Å². The van der Waals surface area contributed by atoms with Gasteiger partial charge in [0.2, 0.25) is 0 Å². The molecular weight excluding hydrogens is 264 g/mol. The molecule has 0 nitrogen and oxygen atoms in total. The van der Waals surface area contributed by atoms with Gasteiger partial charge < -0.3 is 0 Å². The third kappa shape index (κ3) is 5.14. The fourth-order valence-electron chi connectivity index (χ4n) is 3.67. The fourth-order valence-corrected chi connectivity index (χ4v) is 3.67. The van der Waals surface area contributed by atoms with Crippen molar-refractivity contribution < 1.29 is 0 Å². The molecule has 0 heteroatoms. The number of rotatable bonds is 11. The predicted molar refractivity (Wildman–Crippen MR) is 101 cm³/mol. The summed E-state index contributed by atoms with van der Waals surface area (Å²) in [4.78, 5) is 0. The van der Waals surface area contributed by atoms with E-state index in [1.165, 1.54) is 70.6 Å². The fraction of sp³-hybridized carbons (Fsp3) is 0.727. The van der Waals surface area contributed by atoms with E-state index in [4.69, 9.17) is 0 Å².